The van der Waals surface area contributed by atoms with Crippen LogP contribution in [0.2, 0.25) is 5.02 Å². The highest BCUT2D eigenvalue weighted by atomic mass is 35.5. The van der Waals surface area contributed by atoms with Crippen molar-refractivity contribution in [2.24, 2.45) is 0 Å². The zero-order valence-corrected chi connectivity index (χ0v) is 19.5. The van der Waals surface area contributed by atoms with Gasteiger partial charge in [-0.3, -0.25) is 9.10 Å². The summed E-state index contributed by atoms with van der Waals surface area (Å²) in [7, 11) is -3.89. The average Bonchev–Trinajstić information content (AvgIpc) is 2.82. The van der Waals surface area contributed by atoms with Gasteiger partial charge in [-0.05, 0) is 48.9 Å². The number of nitrogens with zero attached hydrogens (tertiary/aromatic N) is 1. The summed E-state index contributed by atoms with van der Waals surface area (Å²) in [5.41, 5.74) is 1.29. The number of rotatable bonds is 7. The lowest BCUT2D eigenvalue weighted by Gasteiger charge is -2.35. The average molecular weight is 487 g/mol. The summed E-state index contributed by atoms with van der Waals surface area (Å²) in [5, 5.41) is 3.23. The van der Waals surface area contributed by atoms with E-state index < -0.39 is 22.0 Å². The first-order valence-electron chi connectivity index (χ1n) is 10.4. The number of halogens is 1. The predicted molar refractivity (Wildman–Crippen MR) is 127 cm³/mol. The number of aryl methyl sites for hydroxylation is 1. The molecular weight excluding hydrogens is 464 g/mol. The Balaban J connectivity index is 1.49. The molecule has 0 aliphatic carbocycles. The van der Waals surface area contributed by atoms with Gasteiger partial charge in [0.1, 0.15) is 18.1 Å². The summed E-state index contributed by atoms with van der Waals surface area (Å²) in [6.07, 6.45) is -1.02. The summed E-state index contributed by atoms with van der Waals surface area (Å²) >= 11 is 6.06. The quantitative estimate of drug-likeness (QED) is 0.513. The molecule has 1 aliphatic heterocycles. The first-order valence-corrected chi connectivity index (χ1v) is 12.2. The van der Waals surface area contributed by atoms with Crippen LogP contribution in [0.5, 0.6) is 11.5 Å². The number of fused-ring (bicyclic) bond motifs is 1. The van der Waals surface area contributed by atoms with Crippen molar-refractivity contribution in [1.29, 1.82) is 0 Å². The Bertz CT molecular complexity index is 1250. The number of ether oxygens (including phenoxy) is 2. The molecule has 0 saturated carbocycles. The Morgan fingerprint density at radius 1 is 1.12 bits per heavy atom. The van der Waals surface area contributed by atoms with Crippen LogP contribution >= 0.6 is 11.6 Å². The molecule has 3 aromatic rings. The number of carbonyl (C=O) groups is 1. The van der Waals surface area contributed by atoms with Crippen molar-refractivity contribution in [3.05, 3.63) is 83.4 Å². The molecular formula is C24H23ClN2O5S. The van der Waals surface area contributed by atoms with Crippen LogP contribution in [0.3, 0.4) is 0 Å². The standard InChI is InChI=1S/C24H23ClN2O5S/c1-17-11-12-20-22(15-17)32-23(16-27(20)33(29,30)18-7-3-2-4-8-18)24(28)26-13-14-31-21-10-6-5-9-19(21)25/h2-12,15,23H,13-14,16H2,1H3,(H,26,28)/t23-/m0/s1. The lowest BCUT2D eigenvalue weighted by molar-refractivity contribution is -0.127. The van der Waals surface area contributed by atoms with E-state index in [1.807, 2.05) is 13.0 Å². The fourth-order valence-corrected chi connectivity index (χ4v) is 5.14. The lowest BCUT2D eigenvalue weighted by atomic mass is 10.1. The molecule has 4 rings (SSSR count). The molecule has 1 atom stereocenters. The smallest absolute Gasteiger partial charge is 0.264 e. The number of para-hydroxylation sites is 1. The summed E-state index contributed by atoms with van der Waals surface area (Å²) in [4.78, 5) is 13.0. The van der Waals surface area contributed by atoms with Gasteiger partial charge in [-0.2, -0.15) is 0 Å². The number of nitrogens with one attached hydrogen (secondary N) is 1. The van der Waals surface area contributed by atoms with Crippen LogP contribution in [-0.4, -0.2) is 40.1 Å². The summed E-state index contributed by atoms with van der Waals surface area (Å²) < 4.78 is 39.4. The molecule has 0 radical (unpaired) electrons. The summed E-state index contributed by atoms with van der Waals surface area (Å²) in [5.74, 6) is 0.429. The molecule has 1 N–H and O–H groups in total. The fourth-order valence-electron chi connectivity index (χ4n) is 3.46. The molecule has 7 nitrogen and oxygen atoms in total. The van der Waals surface area contributed by atoms with Crippen LogP contribution in [0.4, 0.5) is 5.69 Å². The van der Waals surface area contributed by atoms with E-state index in [4.69, 9.17) is 21.1 Å². The van der Waals surface area contributed by atoms with Crippen LogP contribution < -0.4 is 19.1 Å². The maximum Gasteiger partial charge on any atom is 0.264 e. The zero-order valence-electron chi connectivity index (χ0n) is 17.9. The van der Waals surface area contributed by atoms with Gasteiger partial charge in [0.2, 0.25) is 0 Å². The maximum absolute atomic E-state index is 13.4. The Labute approximate surface area is 197 Å². The minimum absolute atomic E-state index is 0.144. The molecule has 172 valence electrons. The van der Waals surface area contributed by atoms with Gasteiger partial charge < -0.3 is 14.8 Å². The van der Waals surface area contributed by atoms with Gasteiger partial charge in [0.25, 0.3) is 15.9 Å². The van der Waals surface area contributed by atoms with Crippen molar-refractivity contribution in [3.63, 3.8) is 0 Å². The molecule has 9 heteroatoms. The summed E-state index contributed by atoms with van der Waals surface area (Å²) in [6.45, 7) is 2.12. The predicted octanol–water partition coefficient (Wildman–Crippen LogP) is 3.80. The second kappa shape index (κ2) is 9.72. The van der Waals surface area contributed by atoms with Crippen molar-refractivity contribution >= 4 is 33.2 Å². The number of anilines is 1. The van der Waals surface area contributed by atoms with Gasteiger partial charge in [0.05, 0.1) is 28.7 Å². The molecule has 0 bridgehead atoms. The zero-order chi connectivity index (χ0) is 23.4. The van der Waals surface area contributed by atoms with Crippen molar-refractivity contribution in [2.45, 2.75) is 17.9 Å². The second-order valence-electron chi connectivity index (χ2n) is 7.50. The molecule has 0 saturated heterocycles. The molecule has 0 spiro atoms. The van der Waals surface area contributed by atoms with Crippen molar-refractivity contribution in [1.82, 2.24) is 5.32 Å². The molecule has 0 aromatic heterocycles. The highest BCUT2D eigenvalue weighted by Crippen LogP contribution is 2.37. The van der Waals surface area contributed by atoms with E-state index in [1.54, 1.807) is 54.6 Å². The molecule has 1 amide bonds. The van der Waals surface area contributed by atoms with Crippen molar-refractivity contribution in [2.75, 3.05) is 24.0 Å². The van der Waals surface area contributed by atoms with E-state index >= 15 is 0 Å². The van der Waals surface area contributed by atoms with E-state index in [2.05, 4.69) is 5.32 Å². The van der Waals surface area contributed by atoms with Crippen molar-refractivity contribution < 1.29 is 22.7 Å². The SMILES string of the molecule is Cc1ccc2c(c1)O[C@H](C(=O)NCCOc1ccccc1Cl)CN2S(=O)(=O)c1ccccc1. The van der Waals surface area contributed by atoms with E-state index in [0.29, 0.717) is 22.2 Å². The van der Waals surface area contributed by atoms with Gasteiger partial charge in [-0.25, -0.2) is 8.42 Å². The minimum Gasteiger partial charge on any atom is -0.490 e. The van der Waals surface area contributed by atoms with Crippen LogP contribution in [0.1, 0.15) is 5.56 Å². The molecule has 1 heterocycles. The Hall–Kier alpha value is -3.23. The first kappa shape index (κ1) is 22.9. The third-order valence-corrected chi connectivity index (χ3v) is 7.21. The van der Waals surface area contributed by atoms with Crippen LogP contribution in [0.15, 0.2) is 77.7 Å². The van der Waals surface area contributed by atoms with E-state index in [0.717, 1.165) is 5.56 Å². The van der Waals surface area contributed by atoms with Gasteiger partial charge in [-0.15, -0.1) is 0 Å². The largest absolute Gasteiger partial charge is 0.490 e. The highest BCUT2D eigenvalue weighted by molar-refractivity contribution is 7.92. The monoisotopic (exact) mass is 486 g/mol. The molecule has 0 fully saturated rings. The van der Waals surface area contributed by atoms with Gasteiger partial charge in [0, 0.05) is 0 Å². The molecule has 0 unspecified atom stereocenters. The lowest BCUT2D eigenvalue weighted by Crippen LogP contribution is -2.51. The van der Waals surface area contributed by atoms with E-state index in [9.17, 15) is 13.2 Å². The normalized spacial score (nSPS) is 15.3. The van der Waals surface area contributed by atoms with Gasteiger partial charge >= 0.3 is 0 Å². The topological polar surface area (TPSA) is 84.9 Å². The Kier molecular flexibility index (Phi) is 6.76. The van der Waals surface area contributed by atoms with Gasteiger partial charge in [-0.1, -0.05) is 48.0 Å². The number of sulfonamides is 1. The minimum atomic E-state index is -3.89. The first-order chi connectivity index (χ1) is 15.9. The third-order valence-electron chi connectivity index (χ3n) is 5.10. The van der Waals surface area contributed by atoms with Crippen LogP contribution in [-0.2, 0) is 14.8 Å². The fraction of sp³-hybridized carbons (Fsp3) is 0.208. The number of amides is 1. The number of carbonyl (C=O) groups excluding carboxylic acids is 1. The Morgan fingerprint density at radius 2 is 1.85 bits per heavy atom. The maximum atomic E-state index is 13.4. The summed E-state index contributed by atoms with van der Waals surface area (Å²) in [6, 6.07) is 20.4. The van der Waals surface area contributed by atoms with Crippen molar-refractivity contribution in [3.8, 4) is 11.5 Å². The van der Waals surface area contributed by atoms with Gasteiger partial charge in [0.15, 0.2) is 6.10 Å². The highest BCUT2D eigenvalue weighted by Gasteiger charge is 2.37. The van der Waals surface area contributed by atoms with Crippen LogP contribution in [0, 0.1) is 6.92 Å². The Morgan fingerprint density at radius 3 is 2.61 bits per heavy atom. The molecule has 1 aliphatic rings. The molecule has 3 aromatic carbocycles. The number of benzene rings is 3. The third kappa shape index (κ3) is 5.07. The number of hydrogen-bond donors (Lipinski definition) is 1. The van der Waals surface area contributed by atoms with E-state index in [1.165, 1.54) is 16.4 Å². The second-order valence-corrected chi connectivity index (χ2v) is 9.77. The van der Waals surface area contributed by atoms with E-state index in [-0.39, 0.29) is 24.6 Å². The molecule has 33 heavy (non-hydrogen) atoms. The number of hydrogen-bond acceptors (Lipinski definition) is 5. The van der Waals surface area contributed by atoms with Crippen LogP contribution in [0.25, 0.3) is 0 Å².